The van der Waals surface area contributed by atoms with E-state index in [1.54, 1.807) is 7.11 Å². The molecule has 1 fully saturated rings. The lowest BCUT2D eigenvalue weighted by molar-refractivity contribution is 0.146. The molecule has 2 rings (SSSR count). The number of methoxy groups -OCH3 is 1. The van der Waals surface area contributed by atoms with Gasteiger partial charge in [0, 0.05) is 13.5 Å². The SMILES string of the molecule is COCCOc1ccc(CC2(O)CC2)cc1. The van der Waals surface area contributed by atoms with E-state index < -0.39 is 5.60 Å². The van der Waals surface area contributed by atoms with E-state index in [1.165, 1.54) is 5.56 Å². The highest BCUT2D eigenvalue weighted by molar-refractivity contribution is 5.29. The molecule has 16 heavy (non-hydrogen) atoms. The van der Waals surface area contributed by atoms with E-state index >= 15 is 0 Å². The summed E-state index contributed by atoms with van der Waals surface area (Å²) in [5.74, 6) is 0.851. The number of ether oxygens (including phenoxy) is 2. The first kappa shape index (κ1) is 11.4. The Hall–Kier alpha value is -1.06. The molecule has 0 radical (unpaired) electrons. The average molecular weight is 222 g/mol. The van der Waals surface area contributed by atoms with Crippen LogP contribution >= 0.6 is 0 Å². The van der Waals surface area contributed by atoms with Crippen molar-refractivity contribution in [3.63, 3.8) is 0 Å². The van der Waals surface area contributed by atoms with Crippen molar-refractivity contribution in [2.24, 2.45) is 0 Å². The van der Waals surface area contributed by atoms with Crippen LogP contribution in [0.25, 0.3) is 0 Å². The number of hydrogen-bond donors (Lipinski definition) is 1. The Labute approximate surface area is 96.0 Å². The first-order chi connectivity index (χ1) is 7.72. The second-order valence-electron chi connectivity index (χ2n) is 4.39. The van der Waals surface area contributed by atoms with E-state index in [2.05, 4.69) is 0 Å². The van der Waals surface area contributed by atoms with Crippen LogP contribution in [0.4, 0.5) is 0 Å². The van der Waals surface area contributed by atoms with Gasteiger partial charge >= 0.3 is 0 Å². The van der Waals surface area contributed by atoms with Gasteiger partial charge in [0.2, 0.25) is 0 Å². The Morgan fingerprint density at radius 1 is 1.19 bits per heavy atom. The summed E-state index contributed by atoms with van der Waals surface area (Å²) in [6, 6.07) is 7.91. The highest BCUT2D eigenvalue weighted by atomic mass is 16.5. The molecule has 88 valence electrons. The van der Waals surface area contributed by atoms with Gasteiger partial charge in [-0.25, -0.2) is 0 Å². The number of rotatable bonds is 6. The molecule has 0 atom stereocenters. The standard InChI is InChI=1S/C13H18O3/c1-15-8-9-16-12-4-2-11(3-5-12)10-13(14)6-7-13/h2-5,14H,6-10H2,1H3. The van der Waals surface area contributed by atoms with Gasteiger partial charge in [-0.15, -0.1) is 0 Å². The molecule has 3 nitrogen and oxygen atoms in total. The highest BCUT2D eigenvalue weighted by Gasteiger charge is 2.39. The fourth-order valence-electron chi connectivity index (χ4n) is 1.65. The lowest BCUT2D eigenvalue weighted by atomic mass is 10.1. The smallest absolute Gasteiger partial charge is 0.119 e. The van der Waals surface area contributed by atoms with Crippen LogP contribution in [-0.4, -0.2) is 31.0 Å². The van der Waals surface area contributed by atoms with Gasteiger partial charge in [0.1, 0.15) is 12.4 Å². The second-order valence-corrected chi connectivity index (χ2v) is 4.39. The first-order valence-corrected chi connectivity index (χ1v) is 5.65. The molecule has 0 amide bonds. The largest absolute Gasteiger partial charge is 0.491 e. The molecule has 0 aliphatic heterocycles. The van der Waals surface area contributed by atoms with Crippen LogP contribution in [0.2, 0.25) is 0 Å². The maximum Gasteiger partial charge on any atom is 0.119 e. The zero-order valence-electron chi connectivity index (χ0n) is 9.61. The maximum absolute atomic E-state index is 9.78. The Morgan fingerprint density at radius 2 is 1.88 bits per heavy atom. The zero-order valence-corrected chi connectivity index (χ0v) is 9.61. The van der Waals surface area contributed by atoms with Crippen LogP contribution in [0.15, 0.2) is 24.3 Å². The quantitative estimate of drug-likeness (QED) is 0.746. The lowest BCUT2D eigenvalue weighted by Crippen LogP contribution is -2.10. The number of benzene rings is 1. The van der Waals surface area contributed by atoms with E-state index in [0.717, 1.165) is 25.0 Å². The van der Waals surface area contributed by atoms with Crippen molar-refractivity contribution >= 4 is 0 Å². The summed E-state index contributed by atoms with van der Waals surface area (Å²) >= 11 is 0. The van der Waals surface area contributed by atoms with Gasteiger partial charge in [0.25, 0.3) is 0 Å². The molecule has 0 bridgehead atoms. The van der Waals surface area contributed by atoms with Gasteiger partial charge in [0.15, 0.2) is 0 Å². The van der Waals surface area contributed by atoms with Gasteiger partial charge in [-0.2, -0.15) is 0 Å². The third kappa shape index (κ3) is 3.22. The third-order valence-electron chi connectivity index (χ3n) is 2.84. The Bertz CT molecular complexity index is 328. The van der Waals surface area contributed by atoms with Gasteiger partial charge in [-0.3, -0.25) is 0 Å². The normalized spacial score (nSPS) is 17.1. The first-order valence-electron chi connectivity index (χ1n) is 5.65. The van der Waals surface area contributed by atoms with Crippen LogP contribution < -0.4 is 4.74 Å². The van der Waals surface area contributed by atoms with Crippen LogP contribution in [0.1, 0.15) is 18.4 Å². The van der Waals surface area contributed by atoms with E-state index in [1.807, 2.05) is 24.3 Å². The van der Waals surface area contributed by atoms with Gasteiger partial charge in [-0.1, -0.05) is 12.1 Å². The van der Waals surface area contributed by atoms with Crippen molar-refractivity contribution in [1.82, 2.24) is 0 Å². The zero-order chi connectivity index (χ0) is 11.4. The molecule has 0 unspecified atom stereocenters. The molecule has 1 saturated carbocycles. The van der Waals surface area contributed by atoms with Crippen molar-refractivity contribution in [3.8, 4) is 5.75 Å². The Morgan fingerprint density at radius 3 is 2.44 bits per heavy atom. The summed E-state index contributed by atoms with van der Waals surface area (Å²) in [6.07, 6.45) is 2.61. The van der Waals surface area contributed by atoms with Crippen LogP contribution in [0.3, 0.4) is 0 Å². The molecule has 0 aromatic heterocycles. The van der Waals surface area contributed by atoms with Crippen molar-refractivity contribution < 1.29 is 14.6 Å². The maximum atomic E-state index is 9.78. The van der Waals surface area contributed by atoms with E-state index in [-0.39, 0.29) is 0 Å². The fraction of sp³-hybridized carbons (Fsp3) is 0.538. The predicted molar refractivity (Wildman–Crippen MR) is 61.7 cm³/mol. The molecule has 1 aromatic carbocycles. The fourth-order valence-corrected chi connectivity index (χ4v) is 1.65. The molecule has 3 heteroatoms. The Kier molecular flexibility index (Phi) is 3.46. The summed E-state index contributed by atoms with van der Waals surface area (Å²) in [7, 11) is 1.66. The summed E-state index contributed by atoms with van der Waals surface area (Å²) < 4.78 is 10.4. The van der Waals surface area contributed by atoms with Crippen LogP contribution in [0, 0.1) is 0 Å². The van der Waals surface area contributed by atoms with E-state index in [4.69, 9.17) is 9.47 Å². The summed E-state index contributed by atoms with van der Waals surface area (Å²) in [6.45, 7) is 1.17. The number of aliphatic hydroxyl groups is 1. The third-order valence-corrected chi connectivity index (χ3v) is 2.84. The topological polar surface area (TPSA) is 38.7 Å². The molecule has 1 aliphatic carbocycles. The van der Waals surface area contributed by atoms with E-state index in [9.17, 15) is 5.11 Å². The minimum atomic E-state index is -0.418. The predicted octanol–water partition coefficient (Wildman–Crippen LogP) is 1.78. The van der Waals surface area contributed by atoms with Gasteiger partial charge in [0.05, 0.1) is 12.2 Å². The molecule has 0 heterocycles. The molecule has 1 aromatic rings. The number of hydrogen-bond acceptors (Lipinski definition) is 3. The molecule has 1 aliphatic rings. The van der Waals surface area contributed by atoms with Crippen molar-refractivity contribution in [2.75, 3.05) is 20.3 Å². The minimum Gasteiger partial charge on any atom is -0.491 e. The van der Waals surface area contributed by atoms with Crippen LogP contribution in [-0.2, 0) is 11.2 Å². The van der Waals surface area contributed by atoms with Gasteiger partial charge in [-0.05, 0) is 30.5 Å². The molecular weight excluding hydrogens is 204 g/mol. The molecule has 0 spiro atoms. The highest BCUT2D eigenvalue weighted by Crippen LogP contribution is 2.38. The van der Waals surface area contributed by atoms with Crippen molar-refractivity contribution in [2.45, 2.75) is 24.9 Å². The lowest BCUT2D eigenvalue weighted by Gasteiger charge is -2.09. The van der Waals surface area contributed by atoms with E-state index in [0.29, 0.717) is 13.2 Å². The molecular formula is C13H18O3. The summed E-state index contributed by atoms with van der Waals surface area (Å²) in [5, 5.41) is 9.78. The second kappa shape index (κ2) is 4.85. The summed E-state index contributed by atoms with van der Waals surface area (Å²) in [4.78, 5) is 0. The average Bonchev–Trinajstić information content (AvgIpc) is 2.99. The molecule has 1 N–H and O–H groups in total. The Balaban J connectivity index is 1.84. The van der Waals surface area contributed by atoms with Gasteiger partial charge < -0.3 is 14.6 Å². The summed E-state index contributed by atoms with van der Waals surface area (Å²) in [5.41, 5.74) is 0.748. The molecule has 0 saturated heterocycles. The van der Waals surface area contributed by atoms with Crippen molar-refractivity contribution in [3.05, 3.63) is 29.8 Å². The van der Waals surface area contributed by atoms with Crippen LogP contribution in [0.5, 0.6) is 5.75 Å². The monoisotopic (exact) mass is 222 g/mol. The minimum absolute atomic E-state index is 0.418. The van der Waals surface area contributed by atoms with Crippen molar-refractivity contribution in [1.29, 1.82) is 0 Å².